The van der Waals surface area contributed by atoms with Gasteiger partial charge in [0.05, 0.1) is 5.69 Å². The van der Waals surface area contributed by atoms with Gasteiger partial charge in [0.25, 0.3) is 0 Å². The zero-order chi connectivity index (χ0) is 19.8. The minimum Gasteiger partial charge on any atom is -0.358 e. The van der Waals surface area contributed by atoms with E-state index in [0.717, 1.165) is 5.69 Å². The van der Waals surface area contributed by atoms with E-state index in [4.69, 9.17) is 0 Å². The molecule has 0 saturated carbocycles. The van der Waals surface area contributed by atoms with Crippen molar-refractivity contribution in [1.29, 1.82) is 0 Å². The number of para-hydroxylation sites is 1. The molecule has 12 nitrogen and oxygen atoms in total. The molecule has 12 heteroatoms. The van der Waals surface area contributed by atoms with Crippen molar-refractivity contribution in [2.24, 2.45) is 0 Å². The van der Waals surface area contributed by atoms with Crippen molar-refractivity contribution in [3.63, 3.8) is 0 Å². The third-order valence-corrected chi connectivity index (χ3v) is 4.86. The molecule has 1 saturated heterocycles. The molecule has 29 heavy (non-hydrogen) atoms. The van der Waals surface area contributed by atoms with Crippen molar-refractivity contribution >= 4 is 23.2 Å². The molecular formula is C17H16N10O2. The van der Waals surface area contributed by atoms with Gasteiger partial charge in [-0.3, -0.25) is 0 Å². The van der Waals surface area contributed by atoms with E-state index in [1.807, 2.05) is 36.4 Å². The van der Waals surface area contributed by atoms with Gasteiger partial charge in [-0.1, -0.05) is 32.9 Å². The van der Waals surface area contributed by atoms with Crippen LogP contribution in [-0.4, -0.2) is 65.9 Å². The molecule has 3 aromatic heterocycles. The van der Waals surface area contributed by atoms with E-state index < -0.39 is 4.92 Å². The summed E-state index contributed by atoms with van der Waals surface area (Å²) >= 11 is 0. The number of rotatable bonds is 4. The Hall–Kier alpha value is -4.09. The van der Waals surface area contributed by atoms with Gasteiger partial charge in [-0.2, -0.15) is 4.68 Å². The summed E-state index contributed by atoms with van der Waals surface area (Å²) in [6, 6.07) is 13.3. The van der Waals surface area contributed by atoms with Gasteiger partial charge in [0.15, 0.2) is 5.82 Å². The molecule has 0 N–H and O–H groups in total. The second kappa shape index (κ2) is 6.82. The first-order valence-corrected chi connectivity index (χ1v) is 9.03. The van der Waals surface area contributed by atoms with E-state index in [9.17, 15) is 10.1 Å². The quantitative estimate of drug-likeness (QED) is 0.369. The van der Waals surface area contributed by atoms with Crippen LogP contribution in [0.4, 0.5) is 17.6 Å². The van der Waals surface area contributed by atoms with Crippen molar-refractivity contribution in [2.45, 2.75) is 0 Å². The Kier molecular flexibility index (Phi) is 4.00. The lowest BCUT2D eigenvalue weighted by molar-refractivity contribution is -0.391. The average Bonchev–Trinajstić information content (AvgIpc) is 3.41. The highest BCUT2D eigenvalue weighted by Crippen LogP contribution is 2.21. The van der Waals surface area contributed by atoms with E-state index in [2.05, 4.69) is 35.4 Å². The van der Waals surface area contributed by atoms with Crippen molar-refractivity contribution in [2.75, 3.05) is 36.0 Å². The monoisotopic (exact) mass is 392 g/mol. The van der Waals surface area contributed by atoms with E-state index in [0.29, 0.717) is 43.6 Å². The Morgan fingerprint density at radius 3 is 2.48 bits per heavy atom. The fourth-order valence-corrected chi connectivity index (χ4v) is 3.40. The third kappa shape index (κ3) is 2.99. The zero-order valence-electron chi connectivity index (χ0n) is 15.2. The van der Waals surface area contributed by atoms with Crippen LogP contribution < -0.4 is 9.80 Å². The molecule has 0 aliphatic carbocycles. The highest BCUT2D eigenvalue weighted by Gasteiger charge is 2.25. The van der Waals surface area contributed by atoms with Crippen LogP contribution in [0, 0.1) is 10.1 Å². The average molecular weight is 392 g/mol. The van der Waals surface area contributed by atoms with Gasteiger partial charge < -0.3 is 19.9 Å². The first kappa shape index (κ1) is 17.0. The SMILES string of the molecule is O=[N+]([O-])c1cnc2ccc(N3CCN(c4nnnn4-c4ccccc4)CC3)nn12. The first-order chi connectivity index (χ1) is 14.2. The summed E-state index contributed by atoms with van der Waals surface area (Å²) in [6.45, 7) is 2.75. The second-order valence-corrected chi connectivity index (χ2v) is 6.54. The number of tetrazole rings is 1. The number of fused-ring (bicyclic) bond motifs is 1. The van der Waals surface area contributed by atoms with Gasteiger partial charge in [0.1, 0.15) is 6.20 Å². The van der Waals surface area contributed by atoms with Gasteiger partial charge in [-0.15, -0.1) is 0 Å². The van der Waals surface area contributed by atoms with Gasteiger partial charge >= 0.3 is 5.82 Å². The number of nitro groups is 1. The number of piperazine rings is 1. The first-order valence-electron chi connectivity index (χ1n) is 9.03. The number of nitrogens with zero attached hydrogens (tertiary/aromatic N) is 10. The van der Waals surface area contributed by atoms with Crippen LogP contribution in [0.15, 0.2) is 48.7 Å². The largest absolute Gasteiger partial charge is 0.368 e. The lowest BCUT2D eigenvalue weighted by Gasteiger charge is -2.34. The summed E-state index contributed by atoms with van der Waals surface area (Å²) in [5.74, 6) is 1.20. The van der Waals surface area contributed by atoms with Gasteiger partial charge in [-0.25, -0.2) is 4.98 Å². The molecule has 0 radical (unpaired) electrons. The summed E-state index contributed by atoms with van der Waals surface area (Å²) in [7, 11) is 0. The predicted molar refractivity (Wildman–Crippen MR) is 103 cm³/mol. The lowest BCUT2D eigenvalue weighted by Crippen LogP contribution is -2.47. The summed E-state index contributed by atoms with van der Waals surface area (Å²) in [4.78, 5) is 18.9. The molecule has 0 unspecified atom stereocenters. The van der Waals surface area contributed by atoms with Crippen LogP contribution in [0.2, 0.25) is 0 Å². The standard InChI is InChI=1S/C17H16N10O2/c28-27(29)16-12-18-14-6-7-15(20-26(14)16)23-8-10-24(11-9-23)17-19-21-22-25(17)13-4-2-1-3-5-13/h1-7,12H,8-11H2. The fourth-order valence-electron chi connectivity index (χ4n) is 3.40. The van der Waals surface area contributed by atoms with Crippen LogP contribution in [0.25, 0.3) is 11.3 Å². The lowest BCUT2D eigenvalue weighted by atomic mass is 10.3. The van der Waals surface area contributed by atoms with E-state index in [1.165, 1.54) is 10.7 Å². The van der Waals surface area contributed by atoms with Crippen molar-refractivity contribution in [3.05, 3.63) is 58.8 Å². The number of imidazole rings is 1. The molecule has 1 aromatic carbocycles. The van der Waals surface area contributed by atoms with E-state index >= 15 is 0 Å². The molecule has 4 heterocycles. The maximum Gasteiger partial charge on any atom is 0.368 e. The fraction of sp³-hybridized carbons (Fsp3) is 0.235. The maximum absolute atomic E-state index is 11.2. The summed E-state index contributed by atoms with van der Waals surface area (Å²) < 4.78 is 2.98. The second-order valence-electron chi connectivity index (χ2n) is 6.54. The molecule has 0 atom stereocenters. The molecule has 5 rings (SSSR count). The molecule has 4 aromatic rings. The summed E-state index contributed by atoms with van der Waals surface area (Å²) in [5, 5.41) is 27.7. The Morgan fingerprint density at radius 2 is 1.72 bits per heavy atom. The van der Waals surface area contributed by atoms with Gasteiger partial charge in [0, 0.05) is 32.2 Å². The topological polar surface area (TPSA) is 123 Å². The van der Waals surface area contributed by atoms with Crippen LogP contribution in [-0.2, 0) is 0 Å². The van der Waals surface area contributed by atoms with Gasteiger partial charge in [0.2, 0.25) is 11.6 Å². The van der Waals surface area contributed by atoms with Crippen LogP contribution >= 0.6 is 0 Å². The highest BCUT2D eigenvalue weighted by atomic mass is 16.6. The minimum absolute atomic E-state index is 0.150. The summed E-state index contributed by atoms with van der Waals surface area (Å²) in [5.41, 5.74) is 1.34. The highest BCUT2D eigenvalue weighted by molar-refractivity contribution is 5.50. The molecule has 1 aliphatic heterocycles. The van der Waals surface area contributed by atoms with Crippen LogP contribution in [0.3, 0.4) is 0 Å². The Morgan fingerprint density at radius 1 is 0.966 bits per heavy atom. The molecule has 0 spiro atoms. The number of aromatic nitrogens is 7. The van der Waals surface area contributed by atoms with Crippen LogP contribution in [0.5, 0.6) is 0 Å². The molecule has 0 bridgehead atoms. The van der Waals surface area contributed by atoms with Crippen LogP contribution in [0.1, 0.15) is 0 Å². The maximum atomic E-state index is 11.2. The van der Waals surface area contributed by atoms with Crippen molar-refractivity contribution in [1.82, 2.24) is 34.8 Å². The number of benzene rings is 1. The Bertz CT molecular complexity index is 1160. The molecule has 1 aliphatic rings. The number of anilines is 2. The molecule has 146 valence electrons. The van der Waals surface area contributed by atoms with E-state index in [-0.39, 0.29) is 5.82 Å². The number of hydrogen-bond donors (Lipinski definition) is 0. The Balaban J connectivity index is 1.35. The predicted octanol–water partition coefficient (Wildman–Crippen LogP) is 0.940. The normalized spacial score (nSPS) is 14.5. The Labute approximate surface area is 164 Å². The van der Waals surface area contributed by atoms with E-state index in [1.54, 1.807) is 10.7 Å². The molecular weight excluding hydrogens is 376 g/mol. The summed E-state index contributed by atoms with van der Waals surface area (Å²) in [6.07, 6.45) is 1.22. The zero-order valence-corrected chi connectivity index (χ0v) is 15.2. The third-order valence-electron chi connectivity index (χ3n) is 4.86. The van der Waals surface area contributed by atoms with Crippen molar-refractivity contribution < 1.29 is 4.92 Å². The molecule has 0 amide bonds. The number of hydrogen-bond acceptors (Lipinski definition) is 9. The molecule has 1 fully saturated rings. The van der Waals surface area contributed by atoms with Gasteiger partial charge in [-0.05, 0) is 33.5 Å². The minimum atomic E-state index is -0.488. The van der Waals surface area contributed by atoms with Crippen molar-refractivity contribution in [3.8, 4) is 5.69 Å². The smallest absolute Gasteiger partial charge is 0.358 e.